The number of rotatable bonds is 10. The average molecular weight is 606 g/mol. The van der Waals surface area contributed by atoms with Crippen LogP contribution >= 0.6 is 11.6 Å². The van der Waals surface area contributed by atoms with Crippen molar-refractivity contribution in [2.45, 2.75) is 38.3 Å². The summed E-state index contributed by atoms with van der Waals surface area (Å²) in [6.45, 7) is 0.793. The van der Waals surface area contributed by atoms with Crippen molar-refractivity contribution >= 4 is 23.3 Å². The number of ketones is 1. The van der Waals surface area contributed by atoms with Gasteiger partial charge in [-0.05, 0) is 49.2 Å². The van der Waals surface area contributed by atoms with Crippen molar-refractivity contribution in [1.29, 1.82) is 0 Å². The van der Waals surface area contributed by atoms with Crippen LogP contribution in [-0.4, -0.2) is 56.0 Å². The van der Waals surface area contributed by atoms with E-state index < -0.39 is 0 Å². The summed E-state index contributed by atoms with van der Waals surface area (Å²) in [5.41, 5.74) is 2.97. The molecule has 8 nitrogen and oxygen atoms in total. The molecule has 0 saturated heterocycles. The van der Waals surface area contributed by atoms with Crippen molar-refractivity contribution in [3.63, 3.8) is 0 Å². The summed E-state index contributed by atoms with van der Waals surface area (Å²) in [5, 5.41) is 5.32. The summed E-state index contributed by atoms with van der Waals surface area (Å²) < 4.78 is 7.17. The molecule has 222 valence electrons. The van der Waals surface area contributed by atoms with E-state index in [1.54, 1.807) is 55.9 Å². The molecule has 44 heavy (non-hydrogen) atoms. The monoisotopic (exact) mass is 605 g/mol. The number of pyridine rings is 1. The third-order valence-electron chi connectivity index (χ3n) is 8.04. The van der Waals surface area contributed by atoms with E-state index in [1.165, 1.54) is 0 Å². The lowest BCUT2D eigenvalue weighted by Crippen LogP contribution is -2.41. The topological polar surface area (TPSA) is 90.2 Å². The SMILES string of the molecule is COc1ccc(-c2nc(-c3ccncc3)nn2CCN(C(=O)c2ccccc2C(=O)c2ccccc2)C2CCCC2)cc1Cl. The number of halogens is 1. The first-order valence-electron chi connectivity index (χ1n) is 14.7. The summed E-state index contributed by atoms with van der Waals surface area (Å²) in [4.78, 5) is 38.7. The molecule has 2 heterocycles. The van der Waals surface area contributed by atoms with Crippen LogP contribution in [-0.2, 0) is 6.54 Å². The molecule has 6 rings (SSSR count). The lowest BCUT2D eigenvalue weighted by molar-refractivity contribution is 0.0668. The van der Waals surface area contributed by atoms with Crippen molar-refractivity contribution in [2.75, 3.05) is 13.7 Å². The van der Waals surface area contributed by atoms with E-state index in [9.17, 15) is 9.59 Å². The number of methoxy groups -OCH3 is 1. The van der Waals surface area contributed by atoms with Crippen LogP contribution in [0.2, 0.25) is 5.02 Å². The fourth-order valence-electron chi connectivity index (χ4n) is 5.78. The maximum atomic E-state index is 14.3. The predicted molar refractivity (Wildman–Crippen MR) is 170 cm³/mol. The molecule has 0 atom stereocenters. The normalized spacial score (nSPS) is 13.1. The second-order valence-corrected chi connectivity index (χ2v) is 11.2. The standard InChI is InChI=1S/C35H32ClN5O3/c1-44-31-16-15-26(23-30(31)36)34-38-33(25-17-19-37-20-18-25)39-41(34)22-21-40(27-11-5-6-12-27)35(43)29-14-8-7-13-28(29)32(42)24-9-3-2-4-10-24/h2-4,7-10,13-20,23,27H,5-6,11-12,21-22H2,1H3. The third-order valence-corrected chi connectivity index (χ3v) is 8.33. The quantitative estimate of drug-likeness (QED) is 0.159. The van der Waals surface area contributed by atoms with Crippen molar-refractivity contribution in [3.8, 4) is 28.5 Å². The number of carbonyl (C=O) groups excluding carboxylic acids is 2. The fourth-order valence-corrected chi connectivity index (χ4v) is 6.03. The first-order valence-corrected chi connectivity index (χ1v) is 15.1. The molecule has 0 aliphatic heterocycles. The minimum Gasteiger partial charge on any atom is -0.495 e. The Hall–Kier alpha value is -4.82. The maximum Gasteiger partial charge on any atom is 0.254 e. The van der Waals surface area contributed by atoms with Crippen LogP contribution in [0.3, 0.4) is 0 Å². The van der Waals surface area contributed by atoms with Crippen molar-refractivity contribution in [3.05, 3.63) is 119 Å². The molecule has 2 aromatic heterocycles. The zero-order valence-electron chi connectivity index (χ0n) is 24.4. The number of nitrogens with zero attached hydrogens (tertiary/aromatic N) is 5. The number of aromatic nitrogens is 4. The highest BCUT2D eigenvalue weighted by Gasteiger charge is 2.30. The van der Waals surface area contributed by atoms with Gasteiger partial charge in [0.1, 0.15) is 5.75 Å². The highest BCUT2D eigenvalue weighted by Crippen LogP contribution is 2.31. The van der Waals surface area contributed by atoms with Gasteiger partial charge in [-0.2, -0.15) is 5.10 Å². The van der Waals surface area contributed by atoms with Crippen molar-refractivity contribution < 1.29 is 14.3 Å². The van der Waals surface area contributed by atoms with Gasteiger partial charge in [-0.15, -0.1) is 0 Å². The van der Waals surface area contributed by atoms with Crippen molar-refractivity contribution in [1.82, 2.24) is 24.6 Å². The van der Waals surface area contributed by atoms with Gasteiger partial charge in [0.15, 0.2) is 17.4 Å². The van der Waals surface area contributed by atoms with Gasteiger partial charge in [0.05, 0.1) is 24.2 Å². The van der Waals surface area contributed by atoms with Crippen LogP contribution in [0.1, 0.15) is 52.0 Å². The second-order valence-electron chi connectivity index (χ2n) is 10.7. The lowest BCUT2D eigenvalue weighted by Gasteiger charge is -2.30. The molecule has 1 amide bonds. The van der Waals surface area contributed by atoms with Crippen LogP contribution in [0.4, 0.5) is 0 Å². The predicted octanol–water partition coefficient (Wildman–Crippen LogP) is 6.99. The molecule has 0 unspecified atom stereocenters. The van der Waals surface area contributed by atoms with E-state index in [0.29, 0.717) is 52.2 Å². The molecule has 0 bridgehead atoms. The molecule has 3 aromatic carbocycles. The van der Waals surface area contributed by atoms with Gasteiger partial charge in [-0.25, -0.2) is 9.67 Å². The van der Waals surface area contributed by atoms with Crippen LogP contribution in [0.15, 0.2) is 97.3 Å². The summed E-state index contributed by atoms with van der Waals surface area (Å²) in [6.07, 6.45) is 7.36. The fraction of sp³-hybridized carbons (Fsp3) is 0.229. The van der Waals surface area contributed by atoms with E-state index in [0.717, 1.165) is 36.8 Å². The van der Waals surface area contributed by atoms with Gasteiger partial charge in [-0.3, -0.25) is 14.6 Å². The molecule has 0 N–H and O–H groups in total. The summed E-state index contributed by atoms with van der Waals surface area (Å²) >= 11 is 6.49. The minimum absolute atomic E-state index is 0.0736. The minimum atomic E-state index is -0.169. The molecular formula is C35H32ClN5O3. The van der Waals surface area contributed by atoms with Gasteiger partial charge in [0.2, 0.25) is 0 Å². The largest absolute Gasteiger partial charge is 0.495 e. The average Bonchev–Trinajstić information content (AvgIpc) is 3.76. The molecular weight excluding hydrogens is 574 g/mol. The Balaban J connectivity index is 1.34. The van der Waals surface area contributed by atoms with Gasteiger partial charge < -0.3 is 9.64 Å². The number of amides is 1. The molecule has 1 saturated carbocycles. The molecule has 1 aliphatic carbocycles. The Morgan fingerprint density at radius 1 is 0.909 bits per heavy atom. The summed E-state index contributed by atoms with van der Waals surface area (Å²) in [6, 6.07) is 25.5. The molecule has 0 spiro atoms. The van der Waals surface area contributed by atoms with Gasteiger partial charge in [0, 0.05) is 47.2 Å². The molecule has 1 aliphatic rings. The van der Waals surface area contributed by atoms with E-state index in [2.05, 4.69) is 4.98 Å². The Bertz CT molecular complexity index is 1770. The summed E-state index contributed by atoms with van der Waals surface area (Å²) in [7, 11) is 1.57. The molecule has 5 aromatic rings. The first kappa shape index (κ1) is 29.3. The zero-order chi connectivity index (χ0) is 30.5. The number of benzene rings is 3. The maximum absolute atomic E-state index is 14.3. The van der Waals surface area contributed by atoms with Crippen molar-refractivity contribution in [2.24, 2.45) is 0 Å². The Morgan fingerprint density at radius 2 is 1.61 bits per heavy atom. The first-order chi connectivity index (χ1) is 21.5. The Morgan fingerprint density at radius 3 is 2.32 bits per heavy atom. The second kappa shape index (κ2) is 13.2. The van der Waals surface area contributed by atoms with Gasteiger partial charge in [0.25, 0.3) is 5.91 Å². The van der Waals surface area contributed by atoms with Crippen LogP contribution in [0.5, 0.6) is 5.75 Å². The van der Waals surface area contributed by atoms with E-state index in [-0.39, 0.29) is 17.7 Å². The van der Waals surface area contributed by atoms with Crippen LogP contribution < -0.4 is 4.74 Å². The number of hydrogen-bond acceptors (Lipinski definition) is 6. The Labute approximate surface area is 261 Å². The highest BCUT2D eigenvalue weighted by atomic mass is 35.5. The zero-order valence-corrected chi connectivity index (χ0v) is 25.2. The smallest absolute Gasteiger partial charge is 0.254 e. The number of ether oxygens (including phenoxy) is 1. The molecule has 9 heteroatoms. The van der Waals surface area contributed by atoms with E-state index in [1.807, 2.05) is 58.1 Å². The number of carbonyl (C=O) groups is 2. The molecule has 1 fully saturated rings. The lowest BCUT2D eigenvalue weighted by atomic mass is 9.97. The summed E-state index contributed by atoms with van der Waals surface area (Å²) in [5.74, 6) is 1.42. The van der Waals surface area contributed by atoms with Gasteiger partial charge >= 0.3 is 0 Å². The van der Waals surface area contributed by atoms with E-state index in [4.69, 9.17) is 26.4 Å². The highest BCUT2D eigenvalue weighted by molar-refractivity contribution is 6.32. The van der Waals surface area contributed by atoms with Crippen LogP contribution in [0.25, 0.3) is 22.8 Å². The molecule has 0 radical (unpaired) electrons. The van der Waals surface area contributed by atoms with Crippen LogP contribution in [0, 0.1) is 0 Å². The van der Waals surface area contributed by atoms with Gasteiger partial charge in [-0.1, -0.05) is 73.0 Å². The number of hydrogen-bond donors (Lipinski definition) is 0. The van der Waals surface area contributed by atoms with E-state index >= 15 is 0 Å². The Kier molecular flexibility index (Phi) is 8.79. The third kappa shape index (κ3) is 6.12.